The van der Waals surface area contributed by atoms with Gasteiger partial charge in [0.1, 0.15) is 0 Å². The predicted octanol–water partition coefficient (Wildman–Crippen LogP) is 0.607. The molecule has 0 spiro atoms. The number of rotatable bonds is 3. The molecule has 2 atom stereocenters. The number of carbonyl (C=O) groups excluding carboxylic acids is 1. The van der Waals surface area contributed by atoms with Crippen LogP contribution in [0.1, 0.15) is 27.2 Å². The topological polar surface area (TPSA) is 55.6 Å². The molecule has 4 heteroatoms. The van der Waals surface area contributed by atoms with E-state index in [0.717, 1.165) is 6.42 Å². The van der Waals surface area contributed by atoms with E-state index < -0.39 is 6.04 Å². The minimum absolute atomic E-state index is 0.0453. The van der Waals surface area contributed by atoms with E-state index in [-0.39, 0.29) is 11.9 Å². The molecule has 0 aromatic rings. The van der Waals surface area contributed by atoms with Crippen molar-refractivity contribution in [3.63, 3.8) is 0 Å². The summed E-state index contributed by atoms with van der Waals surface area (Å²) < 4.78 is 5.41. The molecule has 1 aliphatic heterocycles. The minimum Gasteiger partial charge on any atom is -0.377 e. The van der Waals surface area contributed by atoms with Gasteiger partial charge in [-0.25, -0.2) is 0 Å². The Morgan fingerprint density at radius 3 is 2.73 bits per heavy atom. The molecule has 15 heavy (non-hydrogen) atoms. The van der Waals surface area contributed by atoms with E-state index in [9.17, 15) is 4.79 Å². The fourth-order valence-corrected chi connectivity index (χ4v) is 1.95. The van der Waals surface area contributed by atoms with Gasteiger partial charge in [-0.15, -0.1) is 0 Å². The molecule has 1 fully saturated rings. The first-order valence-corrected chi connectivity index (χ1v) is 5.66. The molecule has 1 saturated heterocycles. The lowest BCUT2D eigenvalue weighted by molar-refractivity contribution is -0.141. The molecule has 0 radical (unpaired) electrons. The predicted molar refractivity (Wildman–Crippen MR) is 59.4 cm³/mol. The molecule has 1 heterocycles. The van der Waals surface area contributed by atoms with Crippen molar-refractivity contribution in [2.45, 2.75) is 39.3 Å². The number of nitrogens with two attached hydrogens (primary N) is 1. The van der Waals surface area contributed by atoms with Crippen LogP contribution in [-0.4, -0.2) is 42.6 Å². The summed E-state index contributed by atoms with van der Waals surface area (Å²) in [4.78, 5) is 13.7. The lowest BCUT2D eigenvalue weighted by Gasteiger charge is -2.37. The summed E-state index contributed by atoms with van der Waals surface area (Å²) in [6, 6.07) is -0.199. The van der Waals surface area contributed by atoms with Gasteiger partial charge in [0, 0.05) is 6.54 Å². The first-order chi connectivity index (χ1) is 7.02. The van der Waals surface area contributed by atoms with Gasteiger partial charge >= 0.3 is 0 Å². The first kappa shape index (κ1) is 12.5. The summed E-state index contributed by atoms with van der Waals surface area (Å²) in [5.41, 5.74) is 5.63. The van der Waals surface area contributed by atoms with Gasteiger partial charge < -0.3 is 15.4 Å². The van der Waals surface area contributed by atoms with E-state index in [1.54, 1.807) is 6.92 Å². The Bertz CT molecular complexity index is 217. The van der Waals surface area contributed by atoms with Crippen LogP contribution >= 0.6 is 0 Å². The molecule has 0 aliphatic carbocycles. The molecule has 1 unspecified atom stereocenters. The van der Waals surface area contributed by atoms with Gasteiger partial charge in [-0.1, -0.05) is 13.8 Å². The average molecular weight is 214 g/mol. The summed E-state index contributed by atoms with van der Waals surface area (Å²) >= 11 is 0. The Morgan fingerprint density at radius 2 is 2.20 bits per heavy atom. The first-order valence-electron chi connectivity index (χ1n) is 5.66. The number of hydrogen-bond acceptors (Lipinski definition) is 3. The molecular formula is C11H22N2O2. The Labute approximate surface area is 91.8 Å². The van der Waals surface area contributed by atoms with Crippen LogP contribution in [-0.2, 0) is 9.53 Å². The molecule has 4 nitrogen and oxygen atoms in total. The molecule has 88 valence electrons. The summed E-state index contributed by atoms with van der Waals surface area (Å²) in [6.45, 7) is 8.01. The quantitative estimate of drug-likeness (QED) is 0.749. The van der Waals surface area contributed by atoms with E-state index >= 15 is 0 Å². The standard InChI is InChI=1S/C11H22N2O2/c1-8(2)6-10-7-15-5-4-13(10)11(14)9(3)12/h8-10H,4-7,12H2,1-3H3/t9-,10?/m0/s1. The van der Waals surface area contributed by atoms with Crippen molar-refractivity contribution in [2.75, 3.05) is 19.8 Å². The lowest BCUT2D eigenvalue weighted by atomic mass is 10.0. The highest BCUT2D eigenvalue weighted by molar-refractivity contribution is 5.81. The second-order valence-corrected chi connectivity index (χ2v) is 4.68. The van der Waals surface area contributed by atoms with Gasteiger partial charge in [0.2, 0.25) is 5.91 Å². The van der Waals surface area contributed by atoms with Gasteiger partial charge in [0.25, 0.3) is 0 Å². The lowest BCUT2D eigenvalue weighted by Crippen LogP contribution is -2.53. The zero-order valence-corrected chi connectivity index (χ0v) is 9.90. The van der Waals surface area contributed by atoms with Crippen molar-refractivity contribution < 1.29 is 9.53 Å². The Hall–Kier alpha value is -0.610. The highest BCUT2D eigenvalue weighted by Crippen LogP contribution is 2.16. The van der Waals surface area contributed by atoms with E-state index in [0.29, 0.717) is 25.7 Å². The van der Waals surface area contributed by atoms with Crippen LogP contribution in [0.4, 0.5) is 0 Å². The Kier molecular flexibility index (Phi) is 4.54. The van der Waals surface area contributed by atoms with Crippen LogP contribution in [0.2, 0.25) is 0 Å². The van der Waals surface area contributed by atoms with Gasteiger partial charge in [-0.05, 0) is 19.3 Å². The molecule has 1 amide bonds. The SMILES string of the molecule is CC(C)CC1COCCN1C(=O)[C@H](C)N. The number of amides is 1. The van der Waals surface area contributed by atoms with Gasteiger partial charge in [-0.2, -0.15) is 0 Å². The molecule has 2 N–H and O–H groups in total. The third-order valence-electron chi connectivity index (χ3n) is 2.64. The molecular weight excluding hydrogens is 192 g/mol. The second-order valence-electron chi connectivity index (χ2n) is 4.68. The molecule has 0 bridgehead atoms. The van der Waals surface area contributed by atoms with Crippen molar-refractivity contribution >= 4 is 5.91 Å². The highest BCUT2D eigenvalue weighted by Gasteiger charge is 2.29. The van der Waals surface area contributed by atoms with Crippen molar-refractivity contribution in [2.24, 2.45) is 11.7 Å². The fourth-order valence-electron chi connectivity index (χ4n) is 1.95. The molecule has 0 saturated carbocycles. The zero-order chi connectivity index (χ0) is 11.4. The highest BCUT2D eigenvalue weighted by atomic mass is 16.5. The van der Waals surface area contributed by atoms with Crippen LogP contribution in [0.5, 0.6) is 0 Å². The normalized spacial score (nSPS) is 24.3. The van der Waals surface area contributed by atoms with Crippen LogP contribution in [0, 0.1) is 5.92 Å². The molecule has 0 aromatic carbocycles. The maximum atomic E-state index is 11.8. The maximum absolute atomic E-state index is 11.8. The third-order valence-corrected chi connectivity index (χ3v) is 2.64. The van der Waals surface area contributed by atoms with E-state index in [2.05, 4.69) is 13.8 Å². The molecule has 0 aromatic heterocycles. The van der Waals surface area contributed by atoms with Crippen molar-refractivity contribution in [1.29, 1.82) is 0 Å². The van der Waals surface area contributed by atoms with Crippen LogP contribution in [0.25, 0.3) is 0 Å². The summed E-state index contributed by atoms with van der Waals surface area (Å²) in [6.07, 6.45) is 0.985. The second kappa shape index (κ2) is 5.47. The van der Waals surface area contributed by atoms with Gasteiger partial charge in [-0.3, -0.25) is 4.79 Å². The number of carbonyl (C=O) groups is 1. The van der Waals surface area contributed by atoms with E-state index in [1.807, 2.05) is 4.90 Å². The number of nitrogens with zero attached hydrogens (tertiary/aromatic N) is 1. The van der Waals surface area contributed by atoms with Gasteiger partial charge in [0.15, 0.2) is 0 Å². The largest absolute Gasteiger partial charge is 0.377 e. The molecule has 1 rings (SSSR count). The average Bonchev–Trinajstić information content (AvgIpc) is 2.16. The minimum atomic E-state index is -0.405. The van der Waals surface area contributed by atoms with Crippen molar-refractivity contribution in [3.8, 4) is 0 Å². The van der Waals surface area contributed by atoms with Crippen LogP contribution in [0.15, 0.2) is 0 Å². The number of morpholine rings is 1. The molecule has 1 aliphatic rings. The fraction of sp³-hybridized carbons (Fsp3) is 0.909. The summed E-state index contributed by atoms with van der Waals surface area (Å²) in [5, 5.41) is 0. The Balaban J connectivity index is 2.61. The summed E-state index contributed by atoms with van der Waals surface area (Å²) in [7, 11) is 0. The van der Waals surface area contributed by atoms with Gasteiger partial charge in [0.05, 0.1) is 25.3 Å². The van der Waals surface area contributed by atoms with E-state index in [4.69, 9.17) is 10.5 Å². The maximum Gasteiger partial charge on any atom is 0.239 e. The monoisotopic (exact) mass is 214 g/mol. The van der Waals surface area contributed by atoms with Crippen molar-refractivity contribution in [1.82, 2.24) is 4.90 Å². The summed E-state index contributed by atoms with van der Waals surface area (Å²) in [5.74, 6) is 0.615. The third kappa shape index (κ3) is 3.47. The number of ether oxygens (including phenoxy) is 1. The zero-order valence-electron chi connectivity index (χ0n) is 9.90. The van der Waals surface area contributed by atoms with Crippen molar-refractivity contribution in [3.05, 3.63) is 0 Å². The van der Waals surface area contributed by atoms with E-state index in [1.165, 1.54) is 0 Å². The number of hydrogen-bond donors (Lipinski definition) is 1. The Morgan fingerprint density at radius 1 is 1.53 bits per heavy atom. The smallest absolute Gasteiger partial charge is 0.239 e. The van der Waals surface area contributed by atoms with Crippen LogP contribution < -0.4 is 5.73 Å². The van der Waals surface area contributed by atoms with Crippen LogP contribution in [0.3, 0.4) is 0 Å².